The van der Waals surface area contributed by atoms with Crippen LogP contribution in [0.2, 0.25) is 0 Å². The first-order valence-electron chi connectivity index (χ1n) is 7.03. The van der Waals surface area contributed by atoms with E-state index in [9.17, 15) is 13.2 Å². The summed E-state index contributed by atoms with van der Waals surface area (Å²) in [4.78, 5) is 11.5. The van der Waals surface area contributed by atoms with Gasteiger partial charge in [0.05, 0.1) is 18.4 Å². The minimum atomic E-state index is -3.45. The fraction of sp³-hybridized carbons (Fsp3) is 0.400. The molecule has 0 amide bonds. The van der Waals surface area contributed by atoms with Gasteiger partial charge in [0.2, 0.25) is 10.0 Å². The second kappa shape index (κ2) is 9.02. The Labute approximate surface area is 142 Å². The first-order valence-corrected chi connectivity index (χ1v) is 8.68. The van der Waals surface area contributed by atoms with Crippen LogP contribution in [0.15, 0.2) is 35.9 Å². The number of rotatable bonds is 6. The highest BCUT2D eigenvalue weighted by Gasteiger charge is 2.14. The van der Waals surface area contributed by atoms with Crippen LogP contribution in [0.5, 0.6) is 0 Å². The molecule has 0 aliphatic carbocycles. The van der Waals surface area contributed by atoms with E-state index < -0.39 is 16.0 Å². The summed E-state index contributed by atoms with van der Waals surface area (Å²) >= 11 is 0. The normalized spacial score (nSPS) is 14.6. The number of ether oxygens (including phenoxy) is 1. The van der Waals surface area contributed by atoms with Crippen molar-refractivity contribution in [2.45, 2.75) is 12.2 Å². The highest BCUT2D eigenvalue weighted by atomic mass is 35.5. The van der Waals surface area contributed by atoms with Gasteiger partial charge in [0.25, 0.3) is 0 Å². The van der Waals surface area contributed by atoms with Crippen LogP contribution in [-0.2, 0) is 20.5 Å². The second-order valence-electron chi connectivity index (χ2n) is 5.09. The lowest BCUT2D eigenvalue weighted by molar-refractivity contribution is 0.0600. The van der Waals surface area contributed by atoms with Crippen molar-refractivity contribution in [3.63, 3.8) is 0 Å². The molecule has 1 aromatic carbocycles. The SMILES string of the molecule is COC(=O)c1cccc(CS(=O)(=O)NCC2=CCNCC2)c1.Cl. The van der Waals surface area contributed by atoms with Gasteiger partial charge in [0.15, 0.2) is 0 Å². The molecule has 0 bridgehead atoms. The number of sulfonamides is 1. The lowest BCUT2D eigenvalue weighted by atomic mass is 10.1. The zero-order chi connectivity index (χ0) is 16.0. The van der Waals surface area contributed by atoms with Gasteiger partial charge in [-0.25, -0.2) is 17.9 Å². The zero-order valence-corrected chi connectivity index (χ0v) is 14.5. The summed E-state index contributed by atoms with van der Waals surface area (Å²) in [5.74, 6) is -0.643. The number of carbonyl (C=O) groups is 1. The van der Waals surface area contributed by atoms with Gasteiger partial charge in [0.1, 0.15) is 0 Å². The van der Waals surface area contributed by atoms with Gasteiger partial charge in [-0.15, -0.1) is 12.4 Å². The first-order chi connectivity index (χ1) is 10.5. The Hall–Kier alpha value is -1.41. The molecule has 0 unspecified atom stereocenters. The molecular formula is C15H21ClN2O4S. The summed E-state index contributed by atoms with van der Waals surface area (Å²) in [6.45, 7) is 1.98. The van der Waals surface area contributed by atoms with Gasteiger partial charge in [-0.05, 0) is 30.7 Å². The standard InChI is InChI=1S/C15H20N2O4S.ClH/c1-21-15(18)14-4-2-3-13(9-14)11-22(19,20)17-10-12-5-7-16-8-6-12;/h2-5,9,16-17H,6-8,10-11H2,1H3;1H. The Morgan fingerprint density at radius 1 is 1.39 bits per heavy atom. The summed E-state index contributed by atoms with van der Waals surface area (Å²) in [6, 6.07) is 6.45. The number of methoxy groups -OCH3 is 1. The van der Waals surface area contributed by atoms with Crippen LogP contribution < -0.4 is 10.0 Å². The number of hydrogen-bond donors (Lipinski definition) is 2. The molecule has 1 heterocycles. The van der Waals surface area contributed by atoms with Gasteiger partial charge >= 0.3 is 5.97 Å². The molecule has 6 nitrogen and oxygen atoms in total. The Kier molecular flexibility index (Phi) is 7.70. The monoisotopic (exact) mass is 360 g/mol. The van der Waals surface area contributed by atoms with Crippen molar-refractivity contribution < 1.29 is 17.9 Å². The van der Waals surface area contributed by atoms with Crippen molar-refractivity contribution in [3.05, 3.63) is 47.0 Å². The maximum Gasteiger partial charge on any atom is 0.337 e. The number of carbonyl (C=O) groups excluding carboxylic acids is 1. The molecule has 128 valence electrons. The van der Waals surface area contributed by atoms with Crippen LogP contribution in [0.4, 0.5) is 0 Å². The van der Waals surface area contributed by atoms with Crippen LogP contribution in [-0.4, -0.2) is 41.1 Å². The van der Waals surface area contributed by atoms with Crippen molar-refractivity contribution in [1.82, 2.24) is 10.0 Å². The van der Waals surface area contributed by atoms with Crippen LogP contribution in [0, 0.1) is 0 Å². The van der Waals surface area contributed by atoms with Crippen LogP contribution in [0.1, 0.15) is 22.3 Å². The van der Waals surface area contributed by atoms with Crippen LogP contribution in [0.3, 0.4) is 0 Å². The zero-order valence-electron chi connectivity index (χ0n) is 12.9. The molecule has 23 heavy (non-hydrogen) atoms. The number of hydrogen-bond acceptors (Lipinski definition) is 5. The third-order valence-corrected chi connectivity index (χ3v) is 4.68. The Morgan fingerprint density at radius 3 is 2.83 bits per heavy atom. The van der Waals surface area contributed by atoms with Crippen molar-refractivity contribution in [3.8, 4) is 0 Å². The van der Waals surface area contributed by atoms with E-state index in [1.807, 2.05) is 6.08 Å². The van der Waals surface area contributed by atoms with Crippen molar-refractivity contribution in [1.29, 1.82) is 0 Å². The second-order valence-corrected chi connectivity index (χ2v) is 6.90. The minimum absolute atomic E-state index is 0. The Balaban J connectivity index is 0.00000264. The Bertz CT molecular complexity index is 674. The maximum absolute atomic E-state index is 12.1. The molecule has 1 aromatic rings. The predicted octanol–water partition coefficient (Wildman–Crippen LogP) is 1.23. The number of benzene rings is 1. The Morgan fingerprint density at radius 2 is 2.17 bits per heavy atom. The van der Waals surface area contributed by atoms with E-state index in [0.717, 1.165) is 25.1 Å². The van der Waals surface area contributed by atoms with Crippen molar-refractivity contribution >= 4 is 28.4 Å². The topological polar surface area (TPSA) is 84.5 Å². The van der Waals surface area contributed by atoms with Gasteiger partial charge in [0, 0.05) is 13.1 Å². The lowest BCUT2D eigenvalue weighted by Crippen LogP contribution is -2.30. The fourth-order valence-electron chi connectivity index (χ4n) is 2.21. The molecule has 0 saturated carbocycles. The molecule has 0 radical (unpaired) electrons. The largest absolute Gasteiger partial charge is 0.465 e. The van der Waals surface area contributed by atoms with E-state index in [-0.39, 0.29) is 18.2 Å². The summed E-state index contributed by atoms with van der Waals surface area (Å²) in [5.41, 5.74) is 1.98. The van der Waals surface area contributed by atoms with Crippen LogP contribution >= 0.6 is 12.4 Å². The van der Waals surface area contributed by atoms with E-state index in [4.69, 9.17) is 0 Å². The van der Waals surface area contributed by atoms with Crippen molar-refractivity contribution in [2.24, 2.45) is 0 Å². The van der Waals surface area contributed by atoms with Gasteiger partial charge < -0.3 is 10.1 Å². The van der Waals surface area contributed by atoms with E-state index in [1.54, 1.807) is 18.2 Å². The average molecular weight is 361 g/mol. The average Bonchev–Trinajstić information content (AvgIpc) is 2.53. The fourth-order valence-corrected chi connectivity index (χ4v) is 3.33. The molecule has 2 rings (SSSR count). The third kappa shape index (κ3) is 6.31. The van der Waals surface area contributed by atoms with Crippen molar-refractivity contribution in [2.75, 3.05) is 26.7 Å². The lowest BCUT2D eigenvalue weighted by Gasteiger charge is -2.14. The molecule has 0 spiro atoms. The van der Waals surface area contributed by atoms with E-state index >= 15 is 0 Å². The van der Waals surface area contributed by atoms with E-state index in [2.05, 4.69) is 14.8 Å². The highest BCUT2D eigenvalue weighted by Crippen LogP contribution is 2.10. The highest BCUT2D eigenvalue weighted by molar-refractivity contribution is 7.88. The maximum atomic E-state index is 12.1. The molecule has 0 saturated heterocycles. The summed E-state index contributed by atoms with van der Waals surface area (Å²) in [5, 5.41) is 3.18. The summed E-state index contributed by atoms with van der Waals surface area (Å²) in [6.07, 6.45) is 2.85. The predicted molar refractivity (Wildman–Crippen MR) is 91.2 cm³/mol. The summed E-state index contributed by atoms with van der Waals surface area (Å²) < 4.78 is 31.5. The van der Waals surface area contributed by atoms with Gasteiger partial charge in [-0.2, -0.15) is 0 Å². The molecule has 8 heteroatoms. The molecule has 1 aliphatic rings. The van der Waals surface area contributed by atoms with Crippen LogP contribution in [0.25, 0.3) is 0 Å². The number of halogens is 1. The van der Waals surface area contributed by atoms with E-state index in [0.29, 0.717) is 17.7 Å². The number of esters is 1. The third-order valence-electron chi connectivity index (χ3n) is 3.38. The minimum Gasteiger partial charge on any atom is -0.465 e. The number of nitrogens with one attached hydrogen (secondary N) is 2. The van der Waals surface area contributed by atoms with E-state index in [1.165, 1.54) is 13.2 Å². The molecule has 0 atom stereocenters. The molecule has 0 aromatic heterocycles. The van der Waals surface area contributed by atoms with Gasteiger partial charge in [-0.3, -0.25) is 0 Å². The summed E-state index contributed by atoms with van der Waals surface area (Å²) in [7, 11) is -2.15. The molecular weight excluding hydrogens is 340 g/mol. The first kappa shape index (κ1) is 19.6. The van der Waals surface area contributed by atoms with Gasteiger partial charge in [-0.1, -0.05) is 23.8 Å². The smallest absolute Gasteiger partial charge is 0.337 e. The molecule has 1 aliphatic heterocycles. The molecule has 0 fully saturated rings. The molecule has 2 N–H and O–H groups in total. The quantitative estimate of drug-likeness (QED) is 0.589.